The lowest BCUT2D eigenvalue weighted by Crippen LogP contribution is -1.85. The Bertz CT molecular complexity index is 587. The number of carboxylic acid groups (broad SMARTS) is 1. The molecule has 0 unspecified atom stereocenters. The van der Waals surface area contributed by atoms with Gasteiger partial charge >= 0.3 is 0 Å². The van der Waals surface area contributed by atoms with E-state index in [1.165, 1.54) is 17.2 Å². The largest absolute Gasteiger partial charge is 0.481 e. The Kier molecular flexibility index (Phi) is 3.42. The van der Waals surface area contributed by atoms with Gasteiger partial charge in [-0.2, -0.15) is 0 Å². The van der Waals surface area contributed by atoms with Gasteiger partial charge in [-0.1, -0.05) is 36.4 Å². The van der Waals surface area contributed by atoms with E-state index in [0.717, 1.165) is 24.5 Å². The van der Waals surface area contributed by atoms with Crippen molar-refractivity contribution in [3.63, 3.8) is 0 Å². The van der Waals surface area contributed by atoms with Crippen LogP contribution in [0, 0.1) is 5.82 Å². The summed E-state index contributed by atoms with van der Waals surface area (Å²) in [6.45, 7) is 1.08. The third-order valence-corrected chi connectivity index (χ3v) is 2.79. The quantitative estimate of drug-likeness (QED) is 0.657. The lowest BCUT2D eigenvalue weighted by atomic mass is 10.1. The Morgan fingerprint density at radius 1 is 1.11 bits per heavy atom. The Morgan fingerprint density at radius 3 is 2.44 bits per heavy atom. The van der Waals surface area contributed by atoms with Gasteiger partial charge in [0.25, 0.3) is 5.97 Å². The number of carbonyl (C=O) groups is 1. The molecule has 0 bridgehead atoms. The lowest BCUT2D eigenvalue weighted by Gasteiger charge is -1.99. The summed E-state index contributed by atoms with van der Waals surface area (Å²) in [4.78, 5) is 9.00. The van der Waals surface area contributed by atoms with Gasteiger partial charge in [0, 0.05) is 18.9 Å². The Morgan fingerprint density at radius 2 is 1.72 bits per heavy atom. The number of fused-ring (bicyclic) bond motifs is 3. The van der Waals surface area contributed by atoms with Crippen molar-refractivity contribution in [2.45, 2.75) is 13.3 Å². The van der Waals surface area contributed by atoms with Crippen LogP contribution < -0.4 is 0 Å². The highest BCUT2D eigenvalue weighted by molar-refractivity contribution is 5.76. The van der Waals surface area contributed by atoms with E-state index in [0.29, 0.717) is 0 Å². The molecule has 0 fully saturated rings. The highest BCUT2D eigenvalue weighted by atomic mass is 19.1. The summed E-state index contributed by atoms with van der Waals surface area (Å²) in [5, 5.41) is 7.42. The summed E-state index contributed by atoms with van der Waals surface area (Å²) in [6, 6.07) is 13.4. The van der Waals surface area contributed by atoms with E-state index in [4.69, 9.17) is 9.90 Å². The molecule has 0 atom stereocenters. The zero-order valence-corrected chi connectivity index (χ0v) is 9.98. The summed E-state index contributed by atoms with van der Waals surface area (Å²) in [5.74, 6) is -0.918. The first-order valence-corrected chi connectivity index (χ1v) is 5.65. The Balaban J connectivity index is 0.000000267. The monoisotopic (exact) mass is 244 g/mol. The van der Waals surface area contributed by atoms with E-state index in [1.54, 1.807) is 6.07 Å². The summed E-state index contributed by atoms with van der Waals surface area (Å²) in [5.41, 5.74) is 4.31. The van der Waals surface area contributed by atoms with Gasteiger partial charge in [-0.3, -0.25) is 4.79 Å². The second-order valence-electron chi connectivity index (χ2n) is 4.12. The van der Waals surface area contributed by atoms with Gasteiger partial charge in [-0.05, 0) is 22.8 Å². The number of halogens is 1. The van der Waals surface area contributed by atoms with Crippen molar-refractivity contribution in [2.24, 2.45) is 0 Å². The molecule has 92 valence electrons. The topological polar surface area (TPSA) is 37.3 Å². The van der Waals surface area contributed by atoms with E-state index >= 15 is 0 Å². The average Bonchev–Trinajstić information content (AvgIpc) is 2.69. The first-order valence-electron chi connectivity index (χ1n) is 5.65. The molecule has 18 heavy (non-hydrogen) atoms. The molecule has 0 saturated heterocycles. The number of hydrogen-bond acceptors (Lipinski definition) is 1. The van der Waals surface area contributed by atoms with E-state index in [-0.39, 0.29) is 5.82 Å². The summed E-state index contributed by atoms with van der Waals surface area (Å²) in [6.07, 6.45) is 0.734. The number of hydrogen-bond donors (Lipinski definition) is 1. The molecule has 3 heteroatoms. The van der Waals surface area contributed by atoms with Crippen molar-refractivity contribution in [3.8, 4) is 11.1 Å². The smallest absolute Gasteiger partial charge is 0.300 e. The highest BCUT2D eigenvalue weighted by Crippen LogP contribution is 2.37. The lowest BCUT2D eigenvalue weighted by molar-refractivity contribution is -0.134. The van der Waals surface area contributed by atoms with Crippen LogP contribution in [0.5, 0.6) is 0 Å². The molecule has 0 aliphatic heterocycles. The van der Waals surface area contributed by atoms with Crippen molar-refractivity contribution in [2.75, 3.05) is 0 Å². The zero-order chi connectivity index (χ0) is 13.1. The maximum Gasteiger partial charge on any atom is 0.300 e. The summed E-state index contributed by atoms with van der Waals surface area (Å²) in [7, 11) is 0. The van der Waals surface area contributed by atoms with Crippen LogP contribution in [0.25, 0.3) is 11.1 Å². The van der Waals surface area contributed by atoms with Crippen LogP contribution in [0.3, 0.4) is 0 Å². The molecular weight excluding hydrogens is 231 g/mol. The minimum Gasteiger partial charge on any atom is -0.481 e. The van der Waals surface area contributed by atoms with Crippen molar-refractivity contribution >= 4 is 5.97 Å². The van der Waals surface area contributed by atoms with Gasteiger partial charge in [-0.15, -0.1) is 0 Å². The normalized spacial score (nSPS) is 11.0. The molecule has 1 N–H and O–H groups in total. The van der Waals surface area contributed by atoms with Crippen LogP contribution in [0.1, 0.15) is 18.1 Å². The van der Waals surface area contributed by atoms with Crippen molar-refractivity contribution in [1.29, 1.82) is 0 Å². The molecule has 0 amide bonds. The number of carboxylic acids is 1. The van der Waals surface area contributed by atoms with Gasteiger partial charge in [0.15, 0.2) is 0 Å². The minimum absolute atomic E-state index is 0.0845. The van der Waals surface area contributed by atoms with Crippen LogP contribution in [-0.2, 0) is 11.2 Å². The molecule has 0 spiro atoms. The molecule has 0 radical (unpaired) electrons. The third-order valence-electron chi connectivity index (χ3n) is 2.79. The van der Waals surface area contributed by atoms with Gasteiger partial charge in [0.2, 0.25) is 0 Å². The summed E-state index contributed by atoms with van der Waals surface area (Å²) < 4.78 is 13.5. The fourth-order valence-corrected chi connectivity index (χ4v) is 2.12. The van der Waals surface area contributed by atoms with Gasteiger partial charge in [-0.25, -0.2) is 4.39 Å². The van der Waals surface area contributed by atoms with Crippen LogP contribution in [0.2, 0.25) is 0 Å². The molecular formula is C15H13FO2. The Hall–Kier alpha value is -2.16. The van der Waals surface area contributed by atoms with E-state index in [9.17, 15) is 4.39 Å². The fraction of sp³-hybridized carbons (Fsp3) is 0.133. The summed E-state index contributed by atoms with van der Waals surface area (Å²) >= 11 is 0. The number of benzene rings is 2. The van der Waals surface area contributed by atoms with Crippen LogP contribution >= 0.6 is 0 Å². The number of rotatable bonds is 0. The van der Waals surface area contributed by atoms with Crippen molar-refractivity contribution in [1.82, 2.24) is 0 Å². The molecule has 0 saturated carbocycles. The first kappa shape index (κ1) is 12.3. The second kappa shape index (κ2) is 5.00. The predicted octanol–water partition coefficient (Wildman–Crippen LogP) is 3.49. The minimum atomic E-state index is -0.833. The molecule has 3 rings (SSSR count). The van der Waals surface area contributed by atoms with E-state index < -0.39 is 5.97 Å². The molecule has 1 aliphatic rings. The zero-order valence-electron chi connectivity index (χ0n) is 9.98. The molecule has 2 aromatic carbocycles. The van der Waals surface area contributed by atoms with Gasteiger partial charge in [0.1, 0.15) is 5.82 Å². The molecule has 0 aromatic heterocycles. The third kappa shape index (κ3) is 2.40. The molecule has 2 aromatic rings. The number of aliphatic carboxylic acids is 1. The van der Waals surface area contributed by atoms with Crippen molar-refractivity contribution < 1.29 is 14.3 Å². The Labute approximate surface area is 105 Å². The van der Waals surface area contributed by atoms with E-state index in [2.05, 4.69) is 12.1 Å². The van der Waals surface area contributed by atoms with Crippen LogP contribution in [0.4, 0.5) is 4.39 Å². The van der Waals surface area contributed by atoms with E-state index in [1.807, 2.05) is 18.2 Å². The SMILES string of the molecule is CC(=O)O.Fc1cccc2c1Cc1ccccc1-2. The molecule has 1 aliphatic carbocycles. The second-order valence-corrected chi connectivity index (χ2v) is 4.12. The highest BCUT2D eigenvalue weighted by Gasteiger charge is 2.19. The average molecular weight is 244 g/mol. The maximum atomic E-state index is 13.5. The van der Waals surface area contributed by atoms with Crippen LogP contribution in [-0.4, -0.2) is 11.1 Å². The molecule has 0 heterocycles. The van der Waals surface area contributed by atoms with Gasteiger partial charge in [0.05, 0.1) is 0 Å². The van der Waals surface area contributed by atoms with Crippen molar-refractivity contribution in [3.05, 3.63) is 59.4 Å². The molecule has 2 nitrogen and oxygen atoms in total. The van der Waals surface area contributed by atoms with Gasteiger partial charge < -0.3 is 5.11 Å². The predicted molar refractivity (Wildman–Crippen MR) is 68.0 cm³/mol. The maximum absolute atomic E-state index is 13.5. The van der Waals surface area contributed by atoms with Crippen LogP contribution in [0.15, 0.2) is 42.5 Å². The fourth-order valence-electron chi connectivity index (χ4n) is 2.12. The first-order chi connectivity index (χ1) is 8.59. The standard InChI is InChI=1S/C13H9F.C2H4O2/c14-13-7-3-6-11-10-5-2-1-4-9(10)8-12(11)13;1-2(3)4/h1-7H,8H2;1H3,(H,3,4).